The second kappa shape index (κ2) is 7.19. The van der Waals surface area contributed by atoms with E-state index in [9.17, 15) is 4.79 Å². The molecule has 108 valence electrons. The van der Waals surface area contributed by atoms with Gasteiger partial charge in [-0.25, -0.2) is 9.97 Å². The third-order valence-corrected chi connectivity index (χ3v) is 2.77. The number of hydrogen-bond donors (Lipinski definition) is 1. The maximum absolute atomic E-state index is 11.8. The van der Waals surface area contributed by atoms with Crippen LogP contribution < -0.4 is 10.1 Å². The largest absolute Gasteiger partial charge is 0.464 e. The summed E-state index contributed by atoms with van der Waals surface area (Å²) in [6, 6.07) is 8.15. The molecule has 2 rings (SSSR count). The maximum atomic E-state index is 11.8. The molecule has 0 fully saturated rings. The standard InChI is InChI=1S/C16H17N3O2/c1-3-21-16-17-10-14(11-18-16)19-15(20)9-8-13-7-5-4-6-12(13)2/h4-11H,3H2,1-2H3,(H,19,20)/b9-8+. The average Bonchev–Trinajstić information content (AvgIpc) is 2.49. The van der Waals surface area contributed by atoms with Crippen molar-refractivity contribution in [2.24, 2.45) is 0 Å². The van der Waals surface area contributed by atoms with E-state index in [1.54, 1.807) is 6.08 Å². The van der Waals surface area contributed by atoms with Gasteiger partial charge in [0.1, 0.15) is 0 Å². The van der Waals surface area contributed by atoms with E-state index in [1.807, 2.05) is 38.1 Å². The Bertz CT molecular complexity index is 636. The van der Waals surface area contributed by atoms with E-state index >= 15 is 0 Å². The number of hydrogen-bond acceptors (Lipinski definition) is 4. The molecule has 1 aromatic carbocycles. The molecule has 0 radical (unpaired) electrons. The minimum atomic E-state index is -0.231. The summed E-state index contributed by atoms with van der Waals surface area (Å²) in [6.45, 7) is 4.36. The number of aryl methyl sites for hydroxylation is 1. The molecule has 0 aliphatic rings. The number of ether oxygens (including phenoxy) is 1. The van der Waals surface area contributed by atoms with Crippen molar-refractivity contribution >= 4 is 17.7 Å². The van der Waals surface area contributed by atoms with Crippen LogP contribution in [0.25, 0.3) is 6.08 Å². The summed E-state index contributed by atoms with van der Waals surface area (Å²) in [5.41, 5.74) is 2.65. The summed E-state index contributed by atoms with van der Waals surface area (Å²) in [5, 5.41) is 2.69. The number of aromatic nitrogens is 2. The molecule has 1 aromatic heterocycles. The average molecular weight is 283 g/mol. The van der Waals surface area contributed by atoms with Gasteiger partial charge in [-0.05, 0) is 31.1 Å². The third kappa shape index (κ3) is 4.42. The highest BCUT2D eigenvalue weighted by atomic mass is 16.5. The molecule has 0 aliphatic heterocycles. The number of carbonyl (C=O) groups excluding carboxylic acids is 1. The Morgan fingerprint density at radius 3 is 2.67 bits per heavy atom. The van der Waals surface area contributed by atoms with Gasteiger partial charge in [-0.2, -0.15) is 0 Å². The molecule has 2 aromatic rings. The van der Waals surface area contributed by atoms with E-state index in [1.165, 1.54) is 18.5 Å². The van der Waals surface area contributed by atoms with Crippen LogP contribution in [0, 0.1) is 6.92 Å². The summed E-state index contributed by atoms with van der Waals surface area (Å²) in [6.07, 6.45) is 6.29. The molecular weight excluding hydrogens is 266 g/mol. The zero-order chi connectivity index (χ0) is 15.1. The Hall–Kier alpha value is -2.69. The topological polar surface area (TPSA) is 64.1 Å². The zero-order valence-corrected chi connectivity index (χ0v) is 12.0. The van der Waals surface area contributed by atoms with Crippen LogP contribution in [0.3, 0.4) is 0 Å². The highest BCUT2D eigenvalue weighted by Crippen LogP contribution is 2.10. The predicted octanol–water partition coefficient (Wildman–Crippen LogP) is 2.84. The number of nitrogens with one attached hydrogen (secondary N) is 1. The molecule has 0 unspecified atom stereocenters. The van der Waals surface area contributed by atoms with Crippen LogP contribution >= 0.6 is 0 Å². The van der Waals surface area contributed by atoms with Gasteiger partial charge in [0.2, 0.25) is 5.91 Å². The van der Waals surface area contributed by atoms with Crippen LogP contribution in [0.15, 0.2) is 42.7 Å². The number of nitrogens with zero attached hydrogens (tertiary/aromatic N) is 2. The van der Waals surface area contributed by atoms with Crippen LogP contribution in [0.4, 0.5) is 5.69 Å². The SMILES string of the molecule is CCOc1ncc(NC(=O)/C=C/c2ccccc2C)cn1. The quantitative estimate of drug-likeness (QED) is 0.857. The van der Waals surface area contributed by atoms with Gasteiger partial charge in [0, 0.05) is 6.08 Å². The summed E-state index contributed by atoms with van der Waals surface area (Å²) in [7, 11) is 0. The van der Waals surface area contributed by atoms with Crippen molar-refractivity contribution < 1.29 is 9.53 Å². The monoisotopic (exact) mass is 283 g/mol. The smallest absolute Gasteiger partial charge is 0.316 e. The van der Waals surface area contributed by atoms with Gasteiger partial charge in [0.25, 0.3) is 0 Å². The van der Waals surface area contributed by atoms with E-state index in [-0.39, 0.29) is 5.91 Å². The van der Waals surface area contributed by atoms with Crippen LogP contribution in [-0.4, -0.2) is 22.5 Å². The highest BCUT2D eigenvalue weighted by molar-refractivity contribution is 6.01. The number of anilines is 1. The Balaban J connectivity index is 1.97. The minimum Gasteiger partial charge on any atom is -0.464 e. The second-order valence-corrected chi connectivity index (χ2v) is 4.37. The van der Waals surface area contributed by atoms with Crippen molar-refractivity contribution in [1.29, 1.82) is 0 Å². The first-order valence-electron chi connectivity index (χ1n) is 6.68. The summed E-state index contributed by atoms with van der Waals surface area (Å²) in [5.74, 6) is -0.231. The third-order valence-electron chi connectivity index (χ3n) is 2.77. The van der Waals surface area contributed by atoms with Gasteiger partial charge >= 0.3 is 6.01 Å². The minimum absolute atomic E-state index is 0.231. The lowest BCUT2D eigenvalue weighted by Crippen LogP contribution is -2.08. The normalized spacial score (nSPS) is 10.6. The maximum Gasteiger partial charge on any atom is 0.316 e. The fourth-order valence-corrected chi connectivity index (χ4v) is 1.71. The number of benzene rings is 1. The van der Waals surface area contributed by atoms with Crippen LogP contribution in [0.2, 0.25) is 0 Å². The van der Waals surface area contributed by atoms with Gasteiger partial charge in [-0.3, -0.25) is 4.79 Å². The molecule has 5 nitrogen and oxygen atoms in total. The van der Waals surface area contributed by atoms with E-state index in [4.69, 9.17) is 4.74 Å². The van der Waals surface area contributed by atoms with Crippen LogP contribution in [0.1, 0.15) is 18.1 Å². The molecule has 5 heteroatoms. The lowest BCUT2D eigenvalue weighted by molar-refractivity contribution is -0.111. The van der Waals surface area contributed by atoms with Gasteiger partial charge in [-0.15, -0.1) is 0 Å². The molecule has 0 bridgehead atoms. The molecule has 0 aliphatic carbocycles. The molecule has 0 saturated heterocycles. The van der Waals surface area contributed by atoms with Gasteiger partial charge in [0.15, 0.2) is 0 Å². The van der Waals surface area contributed by atoms with Gasteiger partial charge in [-0.1, -0.05) is 24.3 Å². The number of amides is 1. The zero-order valence-electron chi connectivity index (χ0n) is 12.0. The molecule has 1 heterocycles. The fourth-order valence-electron chi connectivity index (χ4n) is 1.71. The first-order valence-corrected chi connectivity index (χ1v) is 6.68. The predicted molar refractivity (Wildman–Crippen MR) is 82.0 cm³/mol. The summed E-state index contributed by atoms with van der Waals surface area (Å²) < 4.78 is 5.14. The van der Waals surface area contributed by atoms with Crippen LogP contribution in [0.5, 0.6) is 6.01 Å². The van der Waals surface area contributed by atoms with Crippen molar-refractivity contribution in [3.8, 4) is 6.01 Å². The van der Waals surface area contributed by atoms with Crippen molar-refractivity contribution in [2.75, 3.05) is 11.9 Å². The van der Waals surface area contributed by atoms with Crippen molar-refractivity contribution in [2.45, 2.75) is 13.8 Å². The molecular formula is C16H17N3O2. The van der Waals surface area contributed by atoms with E-state index in [0.717, 1.165) is 11.1 Å². The lowest BCUT2D eigenvalue weighted by Gasteiger charge is -2.03. The Morgan fingerprint density at radius 1 is 1.29 bits per heavy atom. The second-order valence-electron chi connectivity index (χ2n) is 4.37. The molecule has 21 heavy (non-hydrogen) atoms. The first kappa shape index (κ1) is 14.7. The lowest BCUT2D eigenvalue weighted by atomic mass is 10.1. The number of rotatable bonds is 5. The van der Waals surface area contributed by atoms with E-state index in [2.05, 4.69) is 15.3 Å². The first-order chi connectivity index (χ1) is 10.2. The fraction of sp³-hybridized carbons (Fsp3) is 0.188. The molecule has 0 spiro atoms. The highest BCUT2D eigenvalue weighted by Gasteiger charge is 2.01. The van der Waals surface area contributed by atoms with E-state index < -0.39 is 0 Å². The number of carbonyl (C=O) groups is 1. The van der Waals surface area contributed by atoms with Gasteiger partial charge in [0.05, 0.1) is 24.7 Å². The van der Waals surface area contributed by atoms with Crippen molar-refractivity contribution in [1.82, 2.24) is 9.97 Å². The molecule has 0 atom stereocenters. The van der Waals surface area contributed by atoms with Crippen molar-refractivity contribution in [3.63, 3.8) is 0 Å². The molecule has 1 N–H and O–H groups in total. The Morgan fingerprint density at radius 2 is 2.00 bits per heavy atom. The Labute approximate surface area is 123 Å². The van der Waals surface area contributed by atoms with Crippen LogP contribution in [-0.2, 0) is 4.79 Å². The van der Waals surface area contributed by atoms with E-state index in [0.29, 0.717) is 18.3 Å². The summed E-state index contributed by atoms with van der Waals surface area (Å²) >= 11 is 0. The van der Waals surface area contributed by atoms with Gasteiger partial charge < -0.3 is 10.1 Å². The molecule has 1 amide bonds. The Kier molecular flexibility index (Phi) is 5.04. The molecule has 0 saturated carbocycles. The van der Waals surface area contributed by atoms with Crippen molar-refractivity contribution in [3.05, 3.63) is 53.9 Å². The summed E-state index contributed by atoms with van der Waals surface area (Å²) in [4.78, 5) is 19.8.